The Labute approximate surface area is 121 Å². The Morgan fingerprint density at radius 2 is 2.05 bits per heavy atom. The maximum Gasteiger partial charge on any atom is 0.223 e. The fourth-order valence-electron chi connectivity index (χ4n) is 1.81. The molecule has 0 saturated heterocycles. The topological polar surface area (TPSA) is 72.2 Å². The summed E-state index contributed by atoms with van der Waals surface area (Å²) in [5.74, 6) is -0.523. The summed E-state index contributed by atoms with van der Waals surface area (Å²) < 4.78 is 1.01. The van der Waals surface area contributed by atoms with Crippen molar-refractivity contribution in [1.82, 2.24) is 5.32 Å². The summed E-state index contributed by atoms with van der Waals surface area (Å²) in [5, 5.41) is 2.75. The van der Waals surface area contributed by atoms with Crippen LogP contribution in [0.5, 0.6) is 0 Å². The van der Waals surface area contributed by atoms with Crippen molar-refractivity contribution in [1.29, 1.82) is 0 Å². The lowest BCUT2D eigenvalue weighted by atomic mass is 9.96. The van der Waals surface area contributed by atoms with Crippen LogP contribution in [0.1, 0.15) is 25.3 Å². The highest BCUT2D eigenvalue weighted by Crippen LogP contribution is 2.21. The Balaban J connectivity index is 2.55. The minimum atomic E-state index is -0.404. The quantitative estimate of drug-likeness (QED) is 0.804. The van der Waals surface area contributed by atoms with Crippen LogP contribution in [-0.4, -0.2) is 18.4 Å². The molecule has 0 unspecified atom stereocenters. The van der Waals surface area contributed by atoms with E-state index in [1.54, 1.807) is 0 Å². The summed E-state index contributed by atoms with van der Waals surface area (Å²) in [7, 11) is 0. The maximum atomic E-state index is 12.0. The third-order valence-corrected chi connectivity index (χ3v) is 3.73. The molecule has 0 aliphatic heterocycles. The predicted octanol–water partition coefficient (Wildman–Crippen LogP) is 2.01. The van der Waals surface area contributed by atoms with Crippen LogP contribution >= 0.6 is 15.9 Å². The lowest BCUT2D eigenvalue weighted by molar-refractivity contribution is -0.125. The van der Waals surface area contributed by atoms with Gasteiger partial charge in [-0.25, -0.2) is 0 Å². The summed E-state index contributed by atoms with van der Waals surface area (Å²) >= 11 is 3.48. The maximum absolute atomic E-state index is 12.0. The van der Waals surface area contributed by atoms with Crippen molar-refractivity contribution in [2.24, 2.45) is 11.7 Å². The van der Waals surface area contributed by atoms with Gasteiger partial charge in [0.05, 0.1) is 0 Å². The van der Waals surface area contributed by atoms with E-state index in [0.717, 1.165) is 16.5 Å². The average molecular weight is 327 g/mol. The fourth-order valence-corrected chi connectivity index (χ4v) is 2.25. The van der Waals surface area contributed by atoms with Crippen LogP contribution in [0.4, 0.5) is 0 Å². The van der Waals surface area contributed by atoms with E-state index >= 15 is 0 Å². The van der Waals surface area contributed by atoms with E-state index in [-0.39, 0.29) is 18.2 Å². The Morgan fingerprint density at radius 1 is 1.37 bits per heavy atom. The summed E-state index contributed by atoms with van der Waals surface area (Å²) in [5.41, 5.74) is 6.14. The van der Waals surface area contributed by atoms with Crippen LogP contribution < -0.4 is 11.1 Å². The number of amides is 2. The van der Waals surface area contributed by atoms with Crippen LogP contribution in [0.3, 0.4) is 0 Å². The number of primary amides is 1. The van der Waals surface area contributed by atoms with Gasteiger partial charge < -0.3 is 11.1 Å². The van der Waals surface area contributed by atoms with Gasteiger partial charge in [-0.15, -0.1) is 0 Å². The number of rotatable bonds is 7. The number of halogens is 1. The molecule has 3 N–H and O–H groups in total. The summed E-state index contributed by atoms with van der Waals surface area (Å²) in [4.78, 5) is 22.6. The molecule has 19 heavy (non-hydrogen) atoms. The Bertz CT molecular complexity index is 449. The lowest BCUT2D eigenvalue weighted by Crippen LogP contribution is -2.34. The second kappa shape index (κ2) is 7.94. The van der Waals surface area contributed by atoms with Crippen LogP contribution in [0.2, 0.25) is 0 Å². The standard InChI is InChI=1S/C14H19BrN2O2/c1-2-10(14(19)17-8-7-13(16)18)9-11-5-3-4-6-12(11)15/h3-6,10H,2,7-9H2,1H3,(H2,16,18)(H,17,19)/t10-/m0/s1. The van der Waals surface area contributed by atoms with Gasteiger partial charge in [0, 0.05) is 23.4 Å². The zero-order chi connectivity index (χ0) is 14.3. The van der Waals surface area contributed by atoms with Gasteiger partial charge in [0.15, 0.2) is 0 Å². The summed E-state index contributed by atoms with van der Waals surface area (Å²) in [6.45, 7) is 2.29. The van der Waals surface area contributed by atoms with Gasteiger partial charge in [0.1, 0.15) is 0 Å². The molecule has 4 nitrogen and oxygen atoms in total. The Kier molecular flexibility index (Phi) is 6.56. The molecule has 0 spiro atoms. The highest BCUT2D eigenvalue weighted by molar-refractivity contribution is 9.10. The molecule has 104 valence electrons. The van der Waals surface area contributed by atoms with Crippen molar-refractivity contribution in [3.05, 3.63) is 34.3 Å². The fraction of sp³-hybridized carbons (Fsp3) is 0.429. The van der Waals surface area contributed by atoms with Crippen LogP contribution in [-0.2, 0) is 16.0 Å². The molecule has 0 fully saturated rings. The molecule has 1 rings (SSSR count). The zero-order valence-electron chi connectivity index (χ0n) is 11.0. The third-order valence-electron chi connectivity index (χ3n) is 2.96. The number of carbonyl (C=O) groups excluding carboxylic acids is 2. The van der Waals surface area contributed by atoms with E-state index in [0.29, 0.717) is 13.0 Å². The summed E-state index contributed by atoms with van der Waals surface area (Å²) in [6, 6.07) is 7.87. The predicted molar refractivity (Wildman–Crippen MR) is 78.4 cm³/mol. The highest BCUT2D eigenvalue weighted by Gasteiger charge is 2.17. The average Bonchev–Trinajstić information content (AvgIpc) is 2.37. The smallest absolute Gasteiger partial charge is 0.223 e. The molecular weight excluding hydrogens is 308 g/mol. The number of nitrogens with two attached hydrogens (primary N) is 1. The molecule has 0 radical (unpaired) electrons. The second-order valence-electron chi connectivity index (χ2n) is 4.41. The van der Waals surface area contributed by atoms with Crippen molar-refractivity contribution in [3.8, 4) is 0 Å². The number of hydrogen-bond acceptors (Lipinski definition) is 2. The van der Waals surface area contributed by atoms with Gasteiger partial charge in [-0.05, 0) is 24.5 Å². The van der Waals surface area contributed by atoms with Gasteiger partial charge in [0.25, 0.3) is 0 Å². The largest absolute Gasteiger partial charge is 0.370 e. The molecule has 1 atom stereocenters. The Morgan fingerprint density at radius 3 is 2.63 bits per heavy atom. The van der Waals surface area contributed by atoms with Crippen molar-refractivity contribution in [2.75, 3.05) is 6.54 Å². The van der Waals surface area contributed by atoms with E-state index in [1.165, 1.54) is 0 Å². The molecule has 0 aliphatic rings. The molecular formula is C14H19BrN2O2. The number of hydrogen-bond donors (Lipinski definition) is 2. The number of nitrogens with one attached hydrogen (secondary N) is 1. The van der Waals surface area contributed by atoms with Gasteiger partial charge in [0.2, 0.25) is 11.8 Å². The van der Waals surface area contributed by atoms with E-state index in [1.807, 2.05) is 31.2 Å². The summed E-state index contributed by atoms with van der Waals surface area (Å²) in [6.07, 6.45) is 1.61. The Hall–Kier alpha value is -1.36. The van der Waals surface area contributed by atoms with Gasteiger partial charge in [-0.2, -0.15) is 0 Å². The molecule has 0 aliphatic carbocycles. The van der Waals surface area contributed by atoms with Crippen molar-refractivity contribution < 1.29 is 9.59 Å². The molecule has 2 amide bonds. The van der Waals surface area contributed by atoms with Gasteiger partial charge in [-0.3, -0.25) is 9.59 Å². The van der Waals surface area contributed by atoms with Crippen LogP contribution in [0, 0.1) is 5.92 Å². The van der Waals surface area contributed by atoms with Gasteiger partial charge >= 0.3 is 0 Å². The second-order valence-corrected chi connectivity index (χ2v) is 5.26. The minimum Gasteiger partial charge on any atom is -0.370 e. The zero-order valence-corrected chi connectivity index (χ0v) is 12.6. The number of benzene rings is 1. The first-order chi connectivity index (χ1) is 9.04. The molecule has 5 heteroatoms. The highest BCUT2D eigenvalue weighted by atomic mass is 79.9. The first-order valence-corrected chi connectivity index (χ1v) is 7.13. The van der Waals surface area contributed by atoms with Crippen molar-refractivity contribution in [3.63, 3.8) is 0 Å². The normalized spacial score (nSPS) is 11.9. The van der Waals surface area contributed by atoms with Crippen molar-refractivity contribution >= 4 is 27.7 Å². The monoisotopic (exact) mass is 326 g/mol. The first kappa shape index (κ1) is 15.7. The van der Waals surface area contributed by atoms with Crippen molar-refractivity contribution in [2.45, 2.75) is 26.2 Å². The van der Waals surface area contributed by atoms with Gasteiger partial charge in [-0.1, -0.05) is 41.1 Å². The minimum absolute atomic E-state index is 0.0282. The van der Waals surface area contributed by atoms with E-state index in [9.17, 15) is 9.59 Å². The molecule has 0 heterocycles. The van der Waals surface area contributed by atoms with E-state index < -0.39 is 5.91 Å². The third kappa shape index (κ3) is 5.42. The lowest BCUT2D eigenvalue weighted by Gasteiger charge is -2.15. The molecule has 0 saturated carbocycles. The SMILES string of the molecule is CC[C@@H](Cc1ccccc1Br)C(=O)NCCC(N)=O. The number of carbonyl (C=O) groups is 2. The first-order valence-electron chi connectivity index (χ1n) is 6.34. The molecule has 0 bridgehead atoms. The van der Waals surface area contributed by atoms with E-state index in [2.05, 4.69) is 21.2 Å². The molecule has 0 aromatic heterocycles. The van der Waals surface area contributed by atoms with E-state index in [4.69, 9.17) is 5.73 Å². The molecule has 1 aromatic carbocycles. The van der Waals surface area contributed by atoms with Crippen LogP contribution in [0.25, 0.3) is 0 Å². The van der Waals surface area contributed by atoms with Crippen LogP contribution in [0.15, 0.2) is 28.7 Å². The molecule has 1 aromatic rings.